The summed E-state index contributed by atoms with van der Waals surface area (Å²) in [5, 5.41) is 0. The fraction of sp³-hybridized carbons (Fsp3) is 0.333. The summed E-state index contributed by atoms with van der Waals surface area (Å²) >= 11 is 6.36. The van der Waals surface area contributed by atoms with Gasteiger partial charge in [-0.2, -0.15) is 0 Å². The Hall–Kier alpha value is -0.480. The summed E-state index contributed by atoms with van der Waals surface area (Å²) in [6.07, 6.45) is 0.686. The molecule has 1 aromatic heterocycles. The largest absolute Gasteiger partial charge is 0.393 e. The number of hydrogen-bond donors (Lipinski definition) is 1. The van der Waals surface area contributed by atoms with E-state index < -0.39 is 0 Å². The molecule has 0 saturated carbocycles. The molecule has 0 aromatic carbocycles. The molecule has 0 atom stereocenters. The maximum atomic E-state index is 5.36. The highest BCUT2D eigenvalue weighted by molar-refractivity contribution is 7.80. The molecule has 0 amide bonds. The number of hydrogen-bond acceptors (Lipinski definition) is 3. The Morgan fingerprint density at radius 3 is 3.00 bits per heavy atom. The molecule has 0 bridgehead atoms. The fourth-order valence-corrected chi connectivity index (χ4v) is 1.69. The molecule has 1 aromatic rings. The third-order valence-electron chi connectivity index (χ3n) is 1.18. The van der Waals surface area contributed by atoms with Crippen molar-refractivity contribution < 1.29 is 0 Å². The SMILES string of the molecule is Cc1ncsc1CC(N)=S. The third kappa shape index (κ3) is 1.75. The first-order valence-corrected chi connectivity index (χ1v) is 4.16. The summed E-state index contributed by atoms with van der Waals surface area (Å²) in [5.74, 6) is 0. The van der Waals surface area contributed by atoms with Crippen LogP contribution in [0.4, 0.5) is 0 Å². The van der Waals surface area contributed by atoms with Crippen molar-refractivity contribution in [1.29, 1.82) is 0 Å². The number of nitrogens with two attached hydrogens (primary N) is 1. The van der Waals surface area contributed by atoms with Gasteiger partial charge in [-0.3, -0.25) is 0 Å². The molecule has 0 aliphatic carbocycles. The van der Waals surface area contributed by atoms with Gasteiger partial charge in [0.15, 0.2) is 0 Å². The van der Waals surface area contributed by atoms with Crippen molar-refractivity contribution in [3.05, 3.63) is 16.1 Å². The van der Waals surface area contributed by atoms with Crippen LogP contribution >= 0.6 is 23.6 Å². The number of thiocarbonyl (C=S) groups is 1. The predicted molar refractivity (Wildman–Crippen MR) is 47.3 cm³/mol. The molecule has 2 N–H and O–H groups in total. The minimum Gasteiger partial charge on any atom is -0.393 e. The lowest BCUT2D eigenvalue weighted by atomic mass is 10.3. The van der Waals surface area contributed by atoms with E-state index >= 15 is 0 Å². The van der Waals surface area contributed by atoms with E-state index in [4.69, 9.17) is 18.0 Å². The molecule has 0 radical (unpaired) electrons. The molecule has 0 fully saturated rings. The molecule has 0 unspecified atom stereocenters. The summed E-state index contributed by atoms with van der Waals surface area (Å²) in [7, 11) is 0. The van der Waals surface area contributed by atoms with Crippen molar-refractivity contribution in [2.75, 3.05) is 0 Å². The van der Waals surface area contributed by atoms with Crippen molar-refractivity contribution in [2.24, 2.45) is 5.73 Å². The lowest BCUT2D eigenvalue weighted by Crippen LogP contribution is -2.10. The van der Waals surface area contributed by atoms with E-state index in [0.29, 0.717) is 11.4 Å². The van der Waals surface area contributed by atoms with Crippen LogP contribution in [0.25, 0.3) is 0 Å². The normalized spacial score (nSPS) is 9.70. The van der Waals surface area contributed by atoms with Crippen LogP contribution in [-0.4, -0.2) is 9.97 Å². The van der Waals surface area contributed by atoms with Gasteiger partial charge >= 0.3 is 0 Å². The predicted octanol–water partition coefficient (Wildman–Crippen LogP) is 1.28. The van der Waals surface area contributed by atoms with Gasteiger partial charge in [-0.05, 0) is 6.92 Å². The molecule has 4 heteroatoms. The first-order valence-electron chi connectivity index (χ1n) is 2.87. The smallest absolute Gasteiger partial charge is 0.0797 e. The van der Waals surface area contributed by atoms with Crippen molar-refractivity contribution in [1.82, 2.24) is 4.98 Å². The van der Waals surface area contributed by atoms with E-state index in [1.165, 1.54) is 4.88 Å². The van der Waals surface area contributed by atoms with Crippen molar-refractivity contribution in [3.8, 4) is 0 Å². The number of rotatable bonds is 2. The van der Waals surface area contributed by atoms with E-state index in [1.807, 2.05) is 12.4 Å². The minimum atomic E-state index is 0.535. The second kappa shape index (κ2) is 3.07. The number of nitrogens with zero attached hydrogens (tertiary/aromatic N) is 1. The Labute approximate surface area is 69.1 Å². The zero-order valence-electron chi connectivity index (χ0n) is 5.63. The minimum absolute atomic E-state index is 0.535. The van der Waals surface area contributed by atoms with Gasteiger partial charge in [-0.25, -0.2) is 4.98 Å². The average molecular weight is 172 g/mol. The fourth-order valence-electron chi connectivity index (χ4n) is 0.654. The van der Waals surface area contributed by atoms with E-state index in [1.54, 1.807) is 11.3 Å². The van der Waals surface area contributed by atoms with Gasteiger partial charge in [0.2, 0.25) is 0 Å². The molecule has 54 valence electrons. The Balaban J connectivity index is 2.74. The summed E-state index contributed by atoms with van der Waals surface area (Å²) in [6, 6.07) is 0. The lowest BCUT2D eigenvalue weighted by molar-refractivity contribution is 1.20. The van der Waals surface area contributed by atoms with Crippen LogP contribution in [0.2, 0.25) is 0 Å². The first kappa shape index (κ1) is 7.63. The van der Waals surface area contributed by atoms with Crippen LogP contribution < -0.4 is 5.73 Å². The molecule has 1 rings (SSSR count). The maximum Gasteiger partial charge on any atom is 0.0797 e. The standard InChI is InChI=1S/C6H8N2S2/c1-4-5(2-6(7)9)10-3-8-4/h3H,2H2,1H3,(H2,7,9). The summed E-state index contributed by atoms with van der Waals surface area (Å²) < 4.78 is 0. The summed E-state index contributed by atoms with van der Waals surface area (Å²) in [5.41, 5.74) is 8.21. The second-order valence-electron chi connectivity index (χ2n) is 2.00. The van der Waals surface area contributed by atoms with E-state index in [0.717, 1.165) is 5.69 Å². The maximum absolute atomic E-state index is 5.36. The van der Waals surface area contributed by atoms with E-state index in [9.17, 15) is 0 Å². The highest BCUT2D eigenvalue weighted by Gasteiger charge is 2.00. The Morgan fingerprint density at radius 1 is 1.90 bits per heavy atom. The van der Waals surface area contributed by atoms with Gasteiger partial charge in [0, 0.05) is 11.3 Å². The zero-order valence-corrected chi connectivity index (χ0v) is 7.26. The quantitative estimate of drug-likeness (QED) is 0.683. The van der Waals surface area contributed by atoms with Crippen LogP contribution in [0, 0.1) is 6.92 Å². The van der Waals surface area contributed by atoms with Crippen LogP contribution in [-0.2, 0) is 6.42 Å². The average Bonchev–Trinajstić information content (AvgIpc) is 2.15. The molecule has 2 nitrogen and oxygen atoms in total. The molecule has 0 aliphatic rings. The number of thiazole rings is 1. The Morgan fingerprint density at radius 2 is 2.60 bits per heavy atom. The van der Waals surface area contributed by atoms with E-state index in [2.05, 4.69) is 4.98 Å². The van der Waals surface area contributed by atoms with Crippen LogP contribution in [0.5, 0.6) is 0 Å². The molecule has 0 spiro atoms. The molecule has 10 heavy (non-hydrogen) atoms. The molecular weight excluding hydrogens is 164 g/mol. The summed E-state index contributed by atoms with van der Waals surface area (Å²) in [4.78, 5) is 5.78. The van der Waals surface area contributed by atoms with Crippen LogP contribution in [0.15, 0.2) is 5.51 Å². The topological polar surface area (TPSA) is 38.9 Å². The van der Waals surface area contributed by atoms with Crippen LogP contribution in [0.3, 0.4) is 0 Å². The van der Waals surface area contributed by atoms with Gasteiger partial charge in [-0.15, -0.1) is 11.3 Å². The van der Waals surface area contributed by atoms with Gasteiger partial charge in [-0.1, -0.05) is 12.2 Å². The number of aromatic nitrogens is 1. The van der Waals surface area contributed by atoms with Crippen molar-refractivity contribution in [3.63, 3.8) is 0 Å². The zero-order chi connectivity index (χ0) is 7.56. The molecular formula is C6H8N2S2. The van der Waals surface area contributed by atoms with Crippen LogP contribution in [0.1, 0.15) is 10.6 Å². The van der Waals surface area contributed by atoms with Gasteiger partial charge in [0.05, 0.1) is 16.2 Å². The van der Waals surface area contributed by atoms with Crippen molar-refractivity contribution in [2.45, 2.75) is 13.3 Å². The highest BCUT2D eigenvalue weighted by Crippen LogP contribution is 2.12. The molecule has 1 heterocycles. The van der Waals surface area contributed by atoms with Gasteiger partial charge in [0.25, 0.3) is 0 Å². The van der Waals surface area contributed by atoms with E-state index in [-0.39, 0.29) is 0 Å². The highest BCUT2D eigenvalue weighted by atomic mass is 32.1. The molecule has 0 aliphatic heterocycles. The van der Waals surface area contributed by atoms with Gasteiger partial charge < -0.3 is 5.73 Å². The van der Waals surface area contributed by atoms with Gasteiger partial charge in [0.1, 0.15) is 0 Å². The second-order valence-corrected chi connectivity index (χ2v) is 3.47. The number of aryl methyl sites for hydroxylation is 1. The Kier molecular flexibility index (Phi) is 2.34. The monoisotopic (exact) mass is 172 g/mol. The molecule has 0 saturated heterocycles. The summed E-state index contributed by atoms with van der Waals surface area (Å²) in [6.45, 7) is 1.96. The lowest BCUT2D eigenvalue weighted by Gasteiger charge is -1.93. The van der Waals surface area contributed by atoms with Crippen molar-refractivity contribution >= 4 is 28.5 Å². The Bertz CT molecular complexity index is 242. The first-order chi connectivity index (χ1) is 4.70. The third-order valence-corrected chi connectivity index (χ3v) is 2.26.